The van der Waals surface area contributed by atoms with Crippen molar-refractivity contribution in [3.05, 3.63) is 28.7 Å². The lowest BCUT2D eigenvalue weighted by Crippen LogP contribution is -2.42. The summed E-state index contributed by atoms with van der Waals surface area (Å²) in [4.78, 5) is 13.4. The van der Waals surface area contributed by atoms with E-state index in [-0.39, 0.29) is 12.1 Å². The van der Waals surface area contributed by atoms with Crippen LogP contribution in [-0.4, -0.2) is 36.3 Å². The molecule has 112 valence electrons. The van der Waals surface area contributed by atoms with Crippen molar-refractivity contribution >= 4 is 22.0 Å². The number of ether oxygens (including phenoxy) is 2. The summed E-state index contributed by atoms with van der Waals surface area (Å²) in [6.07, 6.45) is -0.343. The zero-order chi connectivity index (χ0) is 15.3. The number of likely N-dealkylation sites (N-methyl/N-ethyl adjacent to an activating group) is 1. The second-order valence-corrected chi connectivity index (χ2v) is 6.62. The van der Waals surface area contributed by atoms with Crippen LogP contribution in [-0.2, 0) is 4.74 Å². The molecular formula is C15H22BrNO3. The molecule has 1 aromatic carbocycles. The Hall–Kier alpha value is -1.23. The summed E-state index contributed by atoms with van der Waals surface area (Å²) >= 11 is 3.37. The first-order valence-corrected chi connectivity index (χ1v) is 7.32. The second-order valence-electron chi connectivity index (χ2n) is 5.71. The van der Waals surface area contributed by atoms with Crippen LogP contribution in [0.25, 0.3) is 0 Å². The number of amides is 1. The Balaban J connectivity index is 2.47. The predicted octanol–water partition coefficient (Wildman–Crippen LogP) is 4.08. The molecular weight excluding hydrogens is 322 g/mol. The van der Waals surface area contributed by atoms with Gasteiger partial charge in [-0.1, -0.05) is 15.9 Å². The molecule has 1 unspecified atom stereocenters. The molecule has 0 N–H and O–H groups in total. The van der Waals surface area contributed by atoms with E-state index in [1.165, 1.54) is 0 Å². The number of hydrogen-bond donors (Lipinski definition) is 0. The highest BCUT2D eigenvalue weighted by molar-refractivity contribution is 9.10. The van der Waals surface area contributed by atoms with Crippen LogP contribution in [0.2, 0.25) is 0 Å². The van der Waals surface area contributed by atoms with Crippen LogP contribution >= 0.6 is 15.9 Å². The Labute approximate surface area is 129 Å². The summed E-state index contributed by atoms with van der Waals surface area (Å²) in [6, 6.07) is 7.51. The van der Waals surface area contributed by atoms with Gasteiger partial charge in [0.1, 0.15) is 18.0 Å². The molecule has 4 nitrogen and oxygen atoms in total. The average molecular weight is 344 g/mol. The number of nitrogens with zero attached hydrogens (tertiary/aromatic N) is 1. The molecule has 0 aliphatic carbocycles. The maximum atomic E-state index is 11.9. The molecule has 0 aromatic heterocycles. The third-order valence-corrected chi connectivity index (χ3v) is 3.18. The molecule has 5 heteroatoms. The van der Waals surface area contributed by atoms with Gasteiger partial charge in [-0.3, -0.25) is 0 Å². The van der Waals surface area contributed by atoms with Gasteiger partial charge in [-0.15, -0.1) is 0 Å². The number of halogens is 1. The van der Waals surface area contributed by atoms with E-state index in [9.17, 15) is 4.79 Å². The smallest absolute Gasteiger partial charge is 0.410 e. The van der Waals surface area contributed by atoms with Crippen LogP contribution in [0.15, 0.2) is 28.7 Å². The van der Waals surface area contributed by atoms with Gasteiger partial charge in [-0.25, -0.2) is 4.79 Å². The molecule has 0 saturated heterocycles. The summed E-state index contributed by atoms with van der Waals surface area (Å²) in [7, 11) is 1.71. The molecule has 0 bridgehead atoms. The summed E-state index contributed by atoms with van der Waals surface area (Å²) in [5.74, 6) is 0.776. The number of carbonyl (C=O) groups is 1. The van der Waals surface area contributed by atoms with Crippen molar-refractivity contribution in [2.24, 2.45) is 0 Å². The molecule has 0 spiro atoms. The summed E-state index contributed by atoms with van der Waals surface area (Å²) in [6.45, 7) is 7.88. The molecule has 1 rings (SSSR count). The SMILES string of the molecule is CC(COc1ccc(Br)cc1)N(C)C(=O)OC(C)(C)C. The van der Waals surface area contributed by atoms with E-state index in [0.717, 1.165) is 10.2 Å². The van der Waals surface area contributed by atoms with Gasteiger partial charge in [-0.05, 0) is 52.0 Å². The highest BCUT2D eigenvalue weighted by Gasteiger charge is 2.23. The van der Waals surface area contributed by atoms with E-state index in [2.05, 4.69) is 15.9 Å². The zero-order valence-corrected chi connectivity index (χ0v) is 14.2. The van der Waals surface area contributed by atoms with Gasteiger partial charge >= 0.3 is 6.09 Å². The summed E-state index contributed by atoms with van der Waals surface area (Å²) in [5.41, 5.74) is -0.488. The third-order valence-electron chi connectivity index (χ3n) is 2.65. The number of carbonyl (C=O) groups excluding carboxylic acids is 1. The topological polar surface area (TPSA) is 38.8 Å². The van der Waals surface area contributed by atoms with Gasteiger partial charge in [0.05, 0.1) is 6.04 Å². The predicted molar refractivity (Wildman–Crippen MR) is 83.1 cm³/mol. The molecule has 0 aliphatic heterocycles. The fourth-order valence-electron chi connectivity index (χ4n) is 1.37. The fraction of sp³-hybridized carbons (Fsp3) is 0.533. The lowest BCUT2D eigenvalue weighted by atomic mass is 10.2. The van der Waals surface area contributed by atoms with Crippen LogP contribution in [0.1, 0.15) is 27.7 Å². The first-order chi connectivity index (χ1) is 9.19. The largest absolute Gasteiger partial charge is 0.491 e. The molecule has 20 heavy (non-hydrogen) atoms. The standard InChI is InChI=1S/C15H22BrNO3/c1-11(17(5)14(18)20-15(2,3)4)10-19-13-8-6-12(16)7-9-13/h6-9,11H,10H2,1-5H3. The van der Waals surface area contributed by atoms with Crippen LogP contribution in [0.5, 0.6) is 5.75 Å². The van der Waals surface area contributed by atoms with Gasteiger partial charge in [-0.2, -0.15) is 0 Å². The van der Waals surface area contributed by atoms with Crippen LogP contribution < -0.4 is 4.74 Å². The normalized spacial score (nSPS) is 12.7. The molecule has 0 aliphatic rings. The van der Waals surface area contributed by atoms with E-state index in [4.69, 9.17) is 9.47 Å². The first-order valence-electron chi connectivity index (χ1n) is 6.53. The first kappa shape index (κ1) is 16.8. The monoisotopic (exact) mass is 343 g/mol. The van der Waals surface area contributed by atoms with Crippen molar-refractivity contribution in [3.8, 4) is 5.75 Å². The Morgan fingerprint density at radius 1 is 1.30 bits per heavy atom. The van der Waals surface area contributed by atoms with Gasteiger partial charge in [0.15, 0.2) is 0 Å². The van der Waals surface area contributed by atoms with Crippen LogP contribution in [0, 0.1) is 0 Å². The number of hydrogen-bond acceptors (Lipinski definition) is 3. The number of rotatable bonds is 4. The third kappa shape index (κ3) is 5.82. The van der Waals surface area contributed by atoms with E-state index in [1.54, 1.807) is 11.9 Å². The van der Waals surface area contributed by atoms with E-state index < -0.39 is 5.60 Å². The van der Waals surface area contributed by atoms with Gasteiger partial charge in [0.25, 0.3) is 0 Å². The maximum Gasteiger partial charge on any atom is 0.410 e. The molecule has 0 saturated carbocycles. The van der Waals surface area contributed by atoms with Crippen molar-refractivity contribution in [2.45, 2.75) is 39.3 Å². The zero-order valence-electron chi connectivity index (χ0n) is 12.6. The highest BCUT2D eigenvalue weighted by Crippen LogP contribution is 2.17. The Kier molecular flexibility index (Phi) is 5.87. The van der Waals surface area contributed by atoms with Crippen molar-refractivity contribution in [1.29, 1.82) is 0 Å². The molecule has 1 aromatic rings. The van der Waals surface area contributed by atoms with Gasteiger partial charge < -0.3 is 14.4 Å². The summed E-state index contributed by atoms with van der Waals surface area (Å²) in [5, 5.41) is 0. The lowest BCUT2D eigenvalue weighted by molar-refractivity contribution is 0.0195. The molecule has 0 fully saturated rings. The quantitative estimate of drug-likeness (QED) is 0.826. The molecule has 0 radical (unpaired) electrons. The highest BCUT2D eigenvalue weighted by atomic mass is 79.9. The number of benzene rings is 1. The minimum absolute atomic E-state index is 0.0755. The van der Waals surface area contributed by atoms with Crippen molar-refractivity contribution in [2.75, 3.05) is 13.7 Å². The van der Waals surface area contributed by atoms with E-state index >= 15 is 0 Å². The maximum absolute atomic E-state index is 11.9. The van der Waals surface area contributed by atoms with Crippen molar-refractivity contribution in [3.63, 3.8) is 0 Å². The molecule has 1 amide bonds. The van der Waals surface area contributed by atoms with Gasteiger partial charge in [0.2, 0.25) is 0 Å². The van der Waals surface area contributed by atoms with Crippen molar-refractivity contribution < 1.29 is 14.3 Å². The Morgan fingerprint density at radius 2 is 1.85 bits per heavy atom. The minimum Gasteiger partial charge on any atom is -0.491 e. The summed E-state index contributed by atoms with van der Waals surface area (Å²) < 4.78 is 12.0. The average Bonchev–Trinajstić information content (AvgIpc) is 2.34. The minimum atomic E-state index is -0.488. The van der Waals surface area contributed by atoms with Crippen molar-refractivity contribution in [1.82, 2.24) is 4.90 Å². The van der Waals surface area contributed by atoms with Gasteiger partial charge in [0, 0.05) is 11.5 Å². The molecule has 1 atom stereocenters. The van der Waals surface area contributed by atoms with E-state index in [0.29, 0.717) is 6.61 Å². The van der Waals surface area contributed by atoms with Crippen LogP contribution in [0.4, 0.5) is 4.79 Å². The molecule has 0 heterocycles. The lowest BCUT2D eigenvalue weighted by Gasteiger charge is -2.28. The second kappa shape index (κ2) is 6.97. The fourth-order valence-corrected chi connectivity index (χ4v) is 1.64. The Bertz CT molecular complexity index is 439. The van der Waals surface area contributed by atoms with E-state index in [1.807, 2.05) is 52.0 Å². The Morgan fingerprint density at radius 3 is 2.35 bits per heavy atom. The van der Waals surface area contributed by atoms with Crippen LogP contribution in [0.3, 0.4) is 0 Å².